The molecule has 0 unspecified atom stereocenters. The fraction of sp³-hybridized carbons (Fsp3) is 0.838. The van der Waals surface area contributed by atoms with Gasteiger partial charge in [0, 0.05) is 76.1 Å². The number of nitrogens with zero attached hydrogens (tertiary/aromatic N) is 8. The molecule has 0 radical (unpaired) electrons. The van der Waals surface area contributed by atoms with Crippen LogP contribution in [0, 0.1) is 41.4 Å². The standard InChI is InChI=1S/C68H124N12O14/c1-26-28-29-43(13)57(81)56-61(85)71-49(27-2)64(88)73(18)47(17)63(87)78(23)55(44(14)35-80-30-31-94-48(36-80)37-93-25)60(84)72-53(41(9)10)67(91)74(19)50(32-38(3)4)59(83)69-45(15)58(82)70-46(16)62(86)75(20)51(33-39(5)6)65(89)76(21)52(34-40(7)8)66(90)77(22)54(42(11)12)68(92)79(56)24/h38-57,81H,26-37H2,1-25H3,(H,69,83)(H,70,82)(H,71,85)(H,72,84)/t43-,44+,45+,46-,47-,48+,49+,50+,51+,52+,53+,54+,55+,56+,57-/m1/s1. The molecule has 94 heavy (non-hydrogen) atoms. The fourth-order valence-electron chi connectivity index (χ4n) is 12.7. The predicted octanol–water partition coefficient (Wildman–Crippen LogP) is 2.82. The van der Waals surface area contributed by atoms with Crippen molar-refractivity contribution in [1.82, 2.24) is 60.5 Å². The molecule has 0 aromatic carbocycles. The van der Waals surface area contributed by atoms with Crippen LogP contribution in [0.5, 0.6) is 0 Å². The molecule has 5 N–H and O–H groups in total. The van der Waals surface area contributed by atoms with Crippen LogP contribution < -0.4 is 21.3 Å². The molecule has 2 rings (SSSR count). The van der Waals surface area contributed by atoms with Gasteiger partial charge >= 0.3 is 0 Å². The summed E-state index contributed by atoms with van der Waals surface area (Å²) in [5, 5.41) is 23.5. The Hall–Kier alpha value is -5.99. The summed E-state index contributed by atoms with van der Waals surface area (Å²) in [7, 11) is 11.6. The maximum absolute atomic E-state index is 15.3. The number of ether oxygens (including phenoxy) is 2. The first-order valence-corrected chi connectivity index (χ1v) is 34.2. The number of nitrogens with one attached hydrogen (secondary N) is 4. The molecule has 2 fully saturated rings. The summed E-state index contributed by atoms with van der Waals surface area (Å²) >= 11 is 0. The molecule has 2 aliphatic heterocycles. The molecular weight excluding hydrogens is 1210 g/mol. The molecule has 2 heterocycles. The van der Waals surface area contributed by atoms with Gasteiger partial charge in [-0.3, -0.25) is 57.6 Å². The van der Waals surface area contributed by atoms with Crippen molar-refractivity contribution in [2.45, 2.75) is 241 Å². The smallest absolute Gasteiger partial charge is 0.246 e. The van der Waals surface area contributed by atoms with E-state index in [9.17, 15) is 29.1 Å². The molecular formula is C68H124N12O14. The van der Waals surface area contributed by atoms with Gasteiger partial charge in [-0.2, -0.15) is 0 Å². The van der Waals surface area contributed by atoms with Crippen molar-refractivity contribution in [2.75, 3.05) is 89.3 Å². The highest BCUT2D eigenvalue weighted by Crippen LogP contribution is 2.27. The topological polar surface area (TPSA) is 300 Å². The van der Waals surface area contributed by atoms with Gasteiger partial charge in [-0.25, -0.2) is 0 Å². The number of unbranched alkanes of at least 4 members (excludes halogenated alkanes) is 1. The molecule has 26 heteroatoms. The highest BCUT2D eigenvalue weighted by molar-refractivity contribution is 6.00. The second-order valence-electron chi connectivity index (χ2n) is 28.8. The number of aliphatic hydroxyl groups excluding tert-OH is 1. The zero-order valence-electron chi connectivity index (χ0n) is 61.9. The van der Waals surface area contributed by atoms with E-state index in [-0.39, 0.29) is 49.5 Å². The molecule has 0 bridgehead atoms. The minimum Gasteiger partial charge on any atom is -0.390 e. The lowest BCUT2D eigenvalue weighted by Gasteiger charge is -2.42. The summed E-state index contributed by atoms with van der Waals surface area (Å²) in [5.41, 5.74) is 0. The first kappa shape index (κ1) is 84.1. The number of rotatable bonds is 19. The molecule has 0 aromatic heterocycles. The summed E-state index contributed by atoms with van der Waals surface area (Å²) < 4.78 is 11.3. The summed E-state index contributed by atoms with van der Waals surface area (Å²) in [5.74, 6) is -10.3. The van der Waals surface area contributed by atoms with E-state index in [0.717, 1.165) is 11.3 Å². The summed E-state index contributed by atoms with van der Waals surface area (Å²) in [6.07, 6.45) is 0.640. The molecule has 26 nitrogen and oxygen atoms in total. The third-order valence-corrected chi connectivity index (χ3v) is 18.7. The highest BCUT2D eigenvalue weighted by Gasteiger charge is 2.47. The average Bonchev–Trinajstić information content (AvgIpc) is 0.818. The number of hydrogen-bond acceptors (Lipinski definition) is 15. The number of carbonyl (C=O) groups excluding carboxylic acids is 11. The van der Waals surface area contributed by atoms with Gasteiger partial charge in [0.2, 0.25) is 65.0 Å². The minimum absolute atomic E-state index is 0.00628. The van der Waals surface area contributed by atoms with Gasteiger partial charge in [0.1, 0.15) is 66.5 Å². The second kappa shape index (κ2) is 38.7. The van der Waals surface area contributed by atoms with Crippen molar-refractivity contribution < 1.29 is 67.3 Å². The number of methoxy groups -OCH3 is 1. The van der Waals surface area contributed by atoms with Crippen molar-refractivity contribution in [1.29, 1.82) is 0 Å². The molecule has 15 atom stereocenters. The lowest BCUT2D eigenvalue weighted by atomic mass is 9.90. The number of hydrogen-bond donors (Lipinski definition) is 5. The Kier molecular flexibility index (Phi) is 34.6. The first-order chi connectivity index (χ1) is 43.6. The van der Waals surface area contributed by atoms with Gasteiger partial charge < -0.3 is 70.1 Å². The Morgan fingerprint density at radius 2 is 0.989 bits per heavy atom. The van der Waals surface area contributed by atoms with Gasteiger partial charge in [-0.15, -0.1) is 0 Å². The summed E-state index contributed by atoms with van der Waals surface area (Å²) in [4.78, 5) is 174. The number of carbonyl (C=O) groups is 11. The van der Waals surface area contributed by atoms with Gasteiger partial charge in [-0.1, -0.05) is 110 Å². The predicted molar refractivity (Wildman–Crippen MR) is 361 cm³/mol. The number of likely N-dealkylation sites (N-methyl/N-ethyl adjacent to an activating group) is 7. The number of morpholine rings is 1. The van der Waals surface area contributed by atoms with Crippen LogP contribution >= 0.6 is 0 Å². The Bertz CT molecular complexity index is 2530. The van der Waals surface area contributed by atoms with E-state index in [4.69, 9.17) is 9.47 Å². The van der Waals surface area contributed by atoms with E-state index in [2.05, 4.69) is 26.2 Å². The molecule has 0 aliphatic carbocycles. The molecule has 0 aromatic rings. The first-order valence-electron chi connectivity index (χ1n) is 34.2. The molecule has 2 aliphatic rings. The van der Waals surface area contributed by atoms with Crippen LogP contribution in [0.1, 0.15) is 163 Å². The van der Waals surface area contributed by atoms with Crippen LogP contribution in [-0.2, 0) is 62.2 Å². The SMILES string of the molecule is CCCC[C@@H](C)[C@@H](O)[C@H]1C(=O)N[C@@H](CC)C(=O)N(C)[C@H](C)C(=O)N(C)[C@@H]([C@@H](C)CN2CCO[C@H](COC)C2)C(=O)N[C@@H](C(C)C)C(=O)N(C)[C@@H](CC(C)C)C(=O)N[C@@H](C)C(=O)N[C@H](C)C(=O)N(C)[C@@H](CC(C)C)C(=O)N(C)[C@@H](CC(C)C)C(=O)N(C)[C@@H](C(C)C)C(=O)N1C. The zero-order valence-corrected chi connectivity index (χ0v) is 61.9. The van der Waals surface area contributed by atoms with Crippen LogP contribution in [0.4, 0.5) is 0 Å². The number of aliphatic hydroxyl groups is 1. The Balaban J connectivity index is 3.06. The van der Waals surface area contributed by atoms with Crippen molar-refractivity contribution in [3.05, 3.63) is 0 Å². The highest BCUT2D eigenvalue weighted by atomic mass is 16.5. The van der Waals surface area contributed by atoms with Crippen LogP contribution in [0.15, 0.2) is 0 Å². The van der Waals surface area contributed by atoms with Crippen LogP contribution in [0.3, 0.4) is 0 Å². The lowest BCUT2D eigenvalue weighted by molar-refractivity contribution is -0.157. The largest absolute Gasteiger partial charge is 0.390 e. The number of amides is 11. The monoisotopic (exact) mass is 1330 g/mol. The maximum atomic E-state index is 15.3. The summed E-state index contributed by atoms with van der Waals surface area (Å²) in [6, 6.07) is -13.9. The quantitative estimate of drug-likeness (QED) is 0.124. The van der Waals surface area contributed by atoms with Crippen LogP contribution in [-0.4, -0.2) is 277 Å². The van der Waals surface area contributed by atoms with Crippen molar-refractivity contribution in [2.24, 2.45) is 41.4 Å². The maximum Gasteiger partial charge on any atom is 0.246 e. The Morgan fingerprint density at radius 3 is 1.49 bits per heavy atom. The fourth-order valence-corrected chi connectivity index (χ4v) is 12.7. The average molecular weight is 1330 g/mol. The van der Waals surface area contributed by atoms with Gasteiger partial charge in [-0.05, 0) is 94.3 Å². The zero-order chi connectivity index (χ0) is 72.2. The van der Waals surface area contributed by atoms with Crippen LogP contribution in [0.25, 0.3) is 0 Å². The third-order valence-electron chi connectivity index (χ3n) is 18.7. The lowest BCUT2D eigenvalue weighted by Crippen LogP contribution is -2.64. The van der Waals surface area contributed by atoms with Crippen molar-refractivity contribution in [3.63, 3.8) is 0 Å². The molecule has 11 amide bonds. The second-order valence-corrected chi connectivity index (χ2v) is 28.8. The normalized spacial score (nSPS) is 28.5. The van der Waals surface area contributed by atoms with E-state index >= 15 is 28.8 Å². The van der Waals surface area contributed by atoms with E-state index in [1.807, 2.05) is 55.4 Å². The van der Waals surface area contributed by atoms with E-state index < -0.39 is 161 Å². The van der Waals surface area contributed by atoms with E-state index in [0.29, 0.717) is 45.7 Å². The molecule has 2 saturated heterocycles. The van der Waals surface area contributed by atoms with Crippen molar-refractivity contribution in [3.8, 4) is 0 Å². The Morgan fingerprint density at radius 1 is 0.511 bits per heavy atom. The molecule has 540 valence electrons. The minimum atomic E-state index is -1.60. The van der Waals surface area contributed by atoms with Gasteiger partial charge in [0.15, 0.2) is 0 Å². The van der Waals surface area contributed by atoms with Gasteiger partial charge in [0.25, 0.3) is 0 Å². The van der Waals surface area contributed by atoms with Crippen LogP contribution in [0.2, 0.25) is 0 Å². The third kappa shape index (κ3) is 22.8. The van der Waals surface area contributed by atoms with E-state index in [1.165, 1.54) is 99.5 Å². The van der Waals surface area contributed by atoms with Crippen molar-refractivity contribution >= 4 is 65.0 Å². The summed E-state index contributed by atoms with van der Waals surface area (Å²) in [6.45, 7) is 31.7. The molecule has 0 saturated carbocycles. The van der Waals surface area contributed by atoms with Gasteiger partial charge in [0.05, 0.1) is 25.4 Å². The van der Waals surface area contributed by atoms with E-state index in [1.54, 1.807) is 48.7 Å². The Labute approximate surface area is 562 Å². The molecule has 0 spiro atoms.